The summed E-state index contributed by atoms with van der Waals surface area (Å²) in [6.45, 7) is 1.14. The van der Waals surface area contributed by atoms with Crippen LogP contribution < -0.4 is 5.32 Å². The van der Waals surface area contributed by atoms with E-state index in [1.807, 2.05) is 0 Å². The number of amides is 1. The summed E-state index contributed by atoms with van der Waals surface area (Å²) in [5.74, 6) is -0.956. The Hall–Kier alpha value is -2.28. The zero-order valence-corrected chi connectivity index (χ0v) is 12.8. The molecule has 0 spiro atoms. The number of rotatable bonds is 8. The number of carbonyl (C=O) groups is 1. The van der Waals surface area contributed by atoms with E-state index in [-0.39, 0.29) is 23.7 Å². The summed E-state index contributed by atoms with van der Waals surface area (Å²) in [5, 5.41) is 2.75. The van der Waals surface area contributed by atoms with Crippen LogP contribution in [0.2, 0.25) is 0 Å². The molecule has 1 heterocycles. The quantitative estimate of drug-likeness (QED) is 0.758. The van der Waals surface area contributed by atoms with Crippen LogP contribution in [0.25, 0.3) is 11.3 Å². The largest absolute Gasteiger partial charge is 0.441 e. The molecule has 0 saturated heterocycles. The predicted octanol–water partition coefficient (Wildman–Crippen LogP) is 2.71. The number of hydrogen-bond acceptors (Lipinski definition) is 4. The van der Waals surface area contributed by atoms with Crippen molar-refractivity contribution in [1.29, 1.82) is 0 Å². The van der Waals surface area contributed by atoms with Crippen molar-refractivity contribution in [3.8, 4) is 11.3 Å². The molecule has 1 aromatic carbocycles. The molecule has 124 valence electrons. The molecule has 1 amide bonds. The Bertz CT molecular complexity index is 659. The van der Waals surface area contributed by atoms with Crippen LogP contribution >= 0.6 is 0 Å². The summed E-state index contributed by atoms with van der Waals surface area (Å²) in [4.78, 5) is 15.6. The SMILES string of the molecule is COCCCNC(=O)CCc1ncc(-c2ccc(F)cc2F)o1. The van der Waals surface area contributed by atoms with Crippen molar-refractivity contribution in [2.45, 2.75) is 19.3 Å². The van der Waals surface area contributed by atoms with E-state index in [1.54, 1.807) is 7.11 Å². The van der Waals surface area contributed by atoms with E-state index in [2.05, 4.69) is 10.3 Å². The number of methoxy groups -OCH3 is 1. The standard InChI is InChI=1S/C16H18F2N2O3/c1-22-8-2-7-19-15(21)5-6-16-20-10-14(23-16)12-4-3-11(17)9-13(12)18/h3-4,9-10H,2,5-8H2,1H3,(H,19,21). The van der Waals surface area contributed by atoms with Crippen molar-refractivity contribution in [3.63, 3.8) is 0 Å². The number of ether oxygens (including phenoxy) is 1. The molecular formula is C16H18F2N2O3. The Morgan fingerprint density at radius 2 is 2.22 bits per heavy atom. The van der Waals surface area contributed by atoms with E-state index < -0.39 is 11.6 Å². The van der Waals surface area contributed by atoms with Crippen LogP contribution in [-0.2, 0) is 16.0 Å². The summed E-state index contributed by atoms with van der Waals surface area (Å²) in [6.07, 6.45) is 2.63. The Labute approximate surface area is 132 Å². The zero-order chi connectivity index (χ0) is 16.7. The highest BCUT2D eigenvalue weighted by atomic mass is 19.1. The highest BCUT2D eigenvalue weighted by molar-refractivity contribution is 5.76. The lowest BCUT2D eigenvalue weighted by molar-refractivity contribution is -0.121. The van der Waals surface area contributed by atoms with Crippen molar-refractivity contribution < 1.29 is 22.7 Å². The van der Waals surface area contributed by atoms with Gasteiger partial charge in [-0.25, -0.2) is 13.8 Å². The summed E-state index contributed by atoms with van der Waals surface area (Å²) in [7, 11) is 1.60. The number of aryl methyl sites for hydroxylation is 1. The summed E-state index contributed by atoms with van der Waals surface area (Å²) in [5.41, 5.74) is 0.133. The van der Waals surface area contributed by atoms with Gasteiger partial charge in [-0.3, -0.25) is 4.79 Å². The molecule has 0 atom stereocenters. The van der Waals surface area contributed by atoms with Gasteiger partial charge in [-0.15, -0.1) is 0 Å². The third-order valence-corrected chi connectivity index (χ3v) is 3.16. The topological polar surface area (TPSA) is 64.4 Å². The van der Waals surface area contributed by atoms with Crippen LogP contribution in [0.5, 0.6) is 0 Å². The van der Waals surface area contributed by atoms with E-state index in [1.165, 1.54) is 12.3 Å². The Balaban J connectivity index is 1.86. The van der Waals surface area contributed by atoms with Crippen LogP contribution in [0.15, 0.2) is 28.8 Å². The van der Waals surface area contributed by atoms with Crippen LogP contribution in [0.4, 0.5) is 8.78 Å². The maximum absolute atomic E-state index is 13.7. The van der Waals surface area contributed by atoms with Crippen molar-refractivity contribution in [2.24, 2.45) is 0 Å². The fourth-order valence-corrected chi connectivity index (χ4v) is 1.99. The monoisotopic (exact) mass is 324 g/mol. The average Bonchev–Trinajstić information content (AvgIpc) is 2.98. The molecule has 7 heteroatoms. The summed E-state index contributed by atoms with van der Waals surface area (Å²) in [6, 6.07) is 3.22. The number of oxazole rings is 1. The number of aromatic nitrogens is 1. The van der Waals surface area contributed by atoms with Crippen LogP contribution in [-0.4, -0.2) is 31.2 Å². The van der Waals surface area contributed by atoms with Gasteiger partial charge in [0, 0.05) is 39.2 Å². The van der Waals surface area contributed by atoms with Gasteiger partial charge in [0.15, 0.2) is 11.7 Å². The van der Waals surface area contributed by atoms with Crippen LogP contribution in [0.3, 0.4) is 0 Å². The minimum absolute atomic E-state index is 0.117. The van der Waals surface area contributed by atoms with Crippen LogP contribution in [0.1, 0.15) is 18.7 Å². The highest BCUT2D eigenvalue weighted by Crippen LogP contribution is 2.24. The molecule has 0 saturated carbocycles. The number of halogens is 2. The lowest BCUT2D eigenvalue weighted by Gasteiger charge is -2.03. The number of benzene rings is 1. The number of nitrogens with one attached hydrogen (secondary N) is 1. The molecule has 0 aliphatic rings. The van der Waals surface area contributed by atoms with Gasteiger partial charge in [-0.05, 0) is 18.6 Å². The molecule has 5 nitrogen and oxygen atoms in total. The Morgan fingerprint density at radius 1 is 1.39 bits per heavy atom. The molecule has 0 radical (unpaired) electrons. The molecule has 1 aromatic heterocycles. The van der Waals surface area contributed by atoms with Gasteiger partial charge in [-0.2, -0.15) is 0 Å². The second kappa shape index (κ2) is 8.38. The van der Waals surface area contributed by atoms with E-state index in [0.717, 1.165) is 18.6 Å². The second-order valence-electron chi connectivity index (χ2n) is 4.94. The maximum Gasteiger partial charge on any atom is 0.220 e. The lowest BCUT2D eigenvalue weighted by atomic mass is 10.2. The van der Waals surface area contributed by atoms with E-state index in [0.29, 0.717) is 25.5 Å². The Morgan fingerprint density at radius 3 is 2.96 bits per heavy atom. The first kappa shape index (κ1) is 17.1. The van der Waals surface area contributed by atoms with Gasteiger partial charge in [0.2, 0.25) is 5.91 Å². The molecule has 0 unspecified atom stereocenters. The van der Waals surface area contributed by atoms with E-state index in [4.69, 9.17) is 9.15 Å². The van der Waals surface area contributed by atoms with Crippen molar-refractivity contribution >= 4 is 5.91 Å². The lowest BCUT2D eigenvalue weighted by Crippen LogP contribution is -2.25. The molecule has 0 aliphatic heterocycles. The maximum atomic E-state index is 13.7. The van der Waals surface area contributed by atoms with Gasteiger partial charge in [0.1, 0.15) is 11.6 Å². The third kappa shape index (κ3) is 5.14. The number of carbonyl (C=O) groups excluding carboxylic acids is 1. The number of hydrogen-bond donors (Lipinski definition) is 1. The molecule has 0 fully saturated rings. The van der Waals surface area contributed by atoms with Gasteiger partial charge < -0.3 is 14.5 Å². The number of nitrogens with zero attached hydrogens (tertiary/aromatic N) is 1. The summed E-state index contributed by atoms with van der Waals surface area (Å²) < 4.78 is 36.8. The molecular weight excluding hydrogens is 306 g/mol. The fourth-order valence-electron chi connectivity index (χ4n) is 1.99. The fraction of sp³-hybridized carbons (Fsp3) is 0.375. The van der Waals surface area contributed by atoms with Gasteiger partial charge >= 0.3 is 0 Å². The van der Waals surface area contributed by atoms with Crippen molar-refractivity contribution in [2.75, 3.05) is 20.3 Å². The minimum Gasteiger partial charge on any atom is -0.441 e. The smallest absolute Gasteiger partial charge is 0.220 e. The average molecular weight is 324 g/mol. The highest BCUT2D eigenvalue weighted by Gasteiger charge is 2.12. The molecule has 2 rings (SSSR count). The predicted molar refractivity (Wildman–Crippen MR) is 79.7 cm³/mol. The normalized spacial score (nSPS) is 10.7. The van der Waals surface area contributed by atoms with Crippen molar-refractivity contribution in [3.05, 3.63) is 41.9 Å². The van der Waals surface area contributed by atoms with Gasteiger partial charge in [0.05, 0.1) is 11.8 Å². The molecule has 1 N–H and O–H groups in total. The molecule has 0 bridgehead atoms. The van der Waals surface area contributed by atoms with Gasteiger partial charge in [-0.1, -0.05) is 0 Å². The molecule has 23 heavy (non-hydrogen) atoms. The zero-order valence-electron chi connectivity index (χ0n) is 12.8. The molecule has 2 aromatic rings. The Kier molecular flexibility index (Phi) is 6.22. The first-order valence-electron chi connectivity index (χ1n) is 7.26. The van der Waals surface area contributed by atoms with Gasteiger partial charge in [0.25, 0.3) is 0 Å². The first-order valence-corrected chi connectivity index (χ1v) is 7.26. The van der Waals surface area contributed by atoms with E-state index >= 15 is 0 Å². The van der Waals surface area contributed by atoms with E-state index in [9.17, 15) is 13.6 Å². The second-order valence-corrected chi connectivity index (χ2v) is 4.94. The first-order chi connectivity index (χ1) is 11.1. The minimum atomic E-state index is -0.719. The van der Waals surface area contributed by atoms with Crippen molar-refractivity contribution in [1.82, 2.24) is 10.3 Å². The molecule has 0 aliphatic carbocycles. The third-order valence-electron chi connectivity index (χ3n) is 3.16. The summed E-state index contributed by atoms with van der Waals surface area (Å²) >= 11 is 0. The van der Waals surface area contributed by atoms with Crippen LogP contribution in [0, 0.1) is 11.6 Å².